The molecule has 0 aromatic heterocycles. The summed E-state index contributed by atoms with van der Waals surface area (Å²) in [7, 11) is 1.69. The van der Waals surface area contributed by atoms with E-state index in [1.807, 2.05) is 12.1 Å². The van der Waals surface area contributed by atoms with E-state index in [0.717, 1.165) is 43.5 Å². The van der Waals surface area contributed by atoms with E-state index in [4.69, 9.17) is 9.47 Å². The maximum Gasteiger partial charge on any atom is 0.165 e. The summed E-state index contributed by atoms with van der Waals surface area (Å²) >= 11 is 0. The van der Waals surface area contributed by atoms with Gasteiger partial charge < -0.3 is 14.8 Å². The normalized spacial score (nSPS) is 14.6. The van der Waals surface area contributed by atoms with Crippen LogP contribution in [-0.2, 0) is 6.54 Å². The number of methoxy groups -OCH3 is 1. The van der Waals surface area contributed by atoms with Gasteiger partial charge in [0.25, 0.3) is 0 Å². The molecule has 18 heavy (non-hydrogen) atoms. The standard InChI is InChI=1S/C15H23NO2/c1-3-9-18-15-13(5-4-6-14(15)17-2)11-16-10-12-7-8-12/h4-6,12,16H,3,7-11H2,1-2H3. The summed E-state index contributed by atoms with van der Waals surface area (Å²) in [4.78, 5) is 0. The van der Waals surface area contributed by atoms with Gasteiger partial charge in [-0.15, -0.1) is 0 Å². The van der Waals surface area contributed by atoms with Crippen LogP contribution < -0.4 is 14.8 Å². The van der Waals surface area contributed by atoms with Crippen LogP contribution >= 0.6 is 0 Å². The molecule has 0 spiro atoms. The van der Waals surface area contributed by atoms with E-state index in [1.165, 1.54) is 18.4 Å². The Hall–Kier alpha value is -1.22. The number of hydrogen-bond acceptors (Lipinski definition) is 3. The lowest BCUT2D eigenvalue weighted by molar-refractivity contribution is 0.290. The van der Waals surface area contributed by atoms with Crippen molar-refractivity contribution in [3.05, 3.63) is 23.8 Å². The van der Waals surface area contributed by atoms with Crippen molar-refractivity contribution < 1.29 is 9.47 Å². The fourth-order valence-corrected chi connectivity index (χ4v) is 1.96. The maximum absolute atomic E-state index is 5.82. The monoisotopic (exact) mass is 249 g/mol. The Kier molecular flexibility index (Phi) is 4.88. The van der Waals surface area contributed by atoms with Crippen LogP contribution in [0.1, 0.15) is 31.7 Å². The van der Waals surface area contributed by atoms with Gasteiger partial charge >= 0.3 is 0 Å². The van der Waals surface area contributed by atoms with Crippen LogP contribution in [0.25, 0.3) is 0 Å². The van der Waals surface area contributed by atoms with Crippen LogP contribution in [0.5, 0.6) is 11.5 Å². The van der Waals surface area contributed by atoms with Crippen molar-refractivity contribution in [1.29, 1.82) is 0 Å². The summed E-state index contributed by atoms with van der Waals surface area (Å²) in [6, 6.07) is 6.08. The second kappa shape index (κ2) is 6.64. The predicted octanol–water partition coefficient (Wildman–Crippen LogP) is 2.98. The van der Waals surface area contributed by atoms with Crippen LogP contribution in [0.4, 0.5) is 0 Å². The molecular formula is C15H23NO2. The first-order chi connectivity index (χ1) is 8.85. The third-order valence-corrected chi connectivity index (χ3v) is 3.18. The van der Waals surface area contributed by atoms with E-state index in [9.17, 15) is 0 Å². The highest BCUT2D eigenvalue weighted by atomic mass is 16.5. The average molecular weight is 249 g/mol. The van der Waals surface area contributed by atoms with Crippen molar-refractivity contribution in [2.75, 3.05) is 20.3 Å². The van der Waals surface area contributed by atoms with Crippen molar-refractivity contribution in [1.82, 2.24) is 5.32 Å². The highest BCUT2D eigenvalue weighted by Gasteiger charge is 2.20. The zero-order chi connectivity index (χ0) is 12.8. The van der Waals surface area contributed by atoms with Crippen molar-refractivity contribution >= 4 is 0 Å². The van der Waals surface area contributed by atoms with Gasteiger partial charge in [0, 0.05) is 12.1 Å². The number of benzene rings is 1. The lowest BCUT2D eigenvalue weighted by Gasteiger charge is -2.15. The smallest absolute Gasteiger partial charge is 0.165 e. The number of para-hydroxylation sites is 1. The summed E-state index contributed by atoms with van der Waals surface area (Å²) in [5.74, 6) is 2.62. The van der Waals surface area contributed by atoms with Gasteiger partial charge in [0.15, 0.2) is 11.5 Å². The molecular weight excluding hydrogens is 226 g/mol. The third-order valence-electron chi connectivity index (χ3n) is 3.18. The van der Waals surface area contributed by atoms with Crippen LogP contribution in [0.15, 0.2) is 18.2 Å². The Balaban J connectivity index is 2.00. The summed E-state index contributed by atoms with van der Waals surface area (Å²) in [6.07, 6.45) is 3.77. The van der Waals surface area contributed by atoms with Gasteiger partial charge in [-0.05, 0) is 37.8 Å². The van der Waals surface area contributed by atoms with E-state index in [1.54, 1.807) is 7.11 Å². The molecule has 1 aliphatic carbocycles. The number of nitrogens with one attached hydrogen (secondary N) is 1. The second-order valence-electron chi connectivity index (χ2n) is 4.87. The minimum atomic E-state index is 0.732. The van der Waals surface area contributed by atoms with E-state index in [2.05, 4.69) is 18.3 Å². The molecule has 1 saturated carbocycles. The van der Waals surface area contributed by atoms with Gasteiger partial charge in [0.2, 0.25) is 0 Å². The molecule has 0 unspecified atom stereocenters. The topological polar surface area (TPSA) is 30.5 Å². The molecule has 3 nitrogen and oxygen atoms in total. The summed E-state index contributed by atoms with van der Waals surface area (Å²) in [5, 5.41) is 3.50. The minimum Gasteiger partial charge on any atom is -0.493 e. The fraction of sp³-hybridized carbons (Fsp3) is 0.600. The molecule has 3 heteroatoms. The Labute approximate surface area is 109 Å². The van der Waals surface area contributed by atoms with Gasteiger partial charge in [-0.1, -0.05) is 19.1 Å². The van der Waals surface area contributed by atoms with Gasteiger partial charge in [-0.25, -0.2) is 0 Å². The molecule has 0 heterocycles. The summed E-state index contributed by atoms with van der Waals surface area (Å²) < 4.78 is 11.2. The van der Waals surface area contributed by atoms with Crippen molar-refractivity contribution in [3.63, 3.8) is 0 Å². The quantitative estimate of drug-likeness (QED) is 0.768. The van der Waals surface area contributed by atoms with Crippen molar-refractivity contribution in [2.24, 2.45) is 5.92 Å². The van der Waals surface area contributed by atoms with E-state index < -0.39 is 0 Å². The van der Waals surface area contributed by atoms with E-state index in [0.29, 0.717) is 0 Å². The fourth-order valence-electron chi connectivity index (χ4n) is 1.96. The van der Waals surface area contributed by atoms with Gasteiger partial charge in [0.1, 0.15) is 0 Å². The lowest BCUT2D eigenvalue weighted by Crippen LogP contribution is -2.17. The molecule has 0 atom stereocenters. The zero-order valence-electron chi connectivity index (χ0n) is 11.4. The molecule has 1 aliphatic rings. The molecule has 1 aromatic rings. The Morgan fingerprint density at radius 2 is 2.17 bits per heavy atom. The number of hydrogen-bond donors (Lipinski definition) is 1. The summed E-state index contributed by atoms with van der Waals surface area (Å²) in [6.45, 7) is 4.81. The molecule has 0 radical (unpaired) electrons. The first kappa shape index (κ1) is 13.2. The van der Waals surface area contributed by atoms with Gasteiger partial charge in [-0.2, -0.15) is 0 Å². The largest absolute Gasteiger partial charge is 0.493 e. The molecule has 1 fully saturated rings. The number of rotatable bonds is 8. The molecule has 0 amide bonds. The lowest BCUT2D eigenvalue weighted by atomic mass is 10.2. The van der Waals surface area contributed by atoms with Crippen LogP contribution in [0.2, 0.25) is 0 Å². The third kappa shape index (κ3) is 3.64. The van der Waals surface area contributed by atoms with Crippen molar-refractivity contribution in [2.45, 2.75) is 32.7 Å². The Morgan fingerprint density at radius 3 is 2.83 bits per heavy atom. The average Bonchev–Trinajstić information content (AvgIpc) is 3.21. The molecule has 0 bridgehead atoms. The SMILES string of the molecule is CCCOc1c(CNCC2CC2)cccc1OC. The second-order valence-corrected chi connectivity index (χ2v) is 4.87. The first-order valence-corrected chi connectivity index (χ1v) is 6.84. The Morgan fingerprint density at radius 1 is 1.33 bits per heavy atom. The molecule has 2 rings (SSSR count). The molecule has 1 N–H and O–H groups in total. The first-order valence-electron chi connectivity index (χ1n) is 6.84. The molecule has 0 saturated heterocycles. The number of ether oxygens (including phenoxy) is 2. The van der Waals surface area contributed by atoms with Crippen molar-refractivity contribution in [3.8, 4) is 11.5 Å². The molecule has 100 valence electrons. The maximum atomic E-state index is 5.82. The Bertz CT molecular complexity index is 375. The summed E-state index contributed by atoms with van der Waals surface area (Å²) in [5.41, 5.74) is 1.18. The molecule has 0 aliphatic heterocycles. The predicted molar refractivity (Wildman–Crippen MR) is 73.2 cm³/mol. The van der Waals surface area contributed by atoms with Gasteiger partial charge in [-0.3, -0.25) is 0 Å². The van der Waals surface area contributed by atoms with Crippen LogP contribution in [0, 0.1) is 5.92 Å². The molecule has 1 aromatic carbocycles. The van der Waals surface area contributed by atoms with Crippen LogP contribution in [-0.4, -0.2) is 20.3 Å². The van der Waals surface area contributed by atoms with Gasteiger partial charge in [0.05, 0.1) is 13.7 Å². The zero-order valence-corrected chi connectivity index (χ0v) is 11.4. The van der Waals surface area contributed by atoms with E-state index >= 15 is 0 Å². The highest BCUT2D eigenvalue weighted by molar-refractivity contribution is 5.46. The highest BCUT2D eigenvalue weighted by Crippen LogP contribution is 2.32. The van der Waals surface area contributed by atoms with E-state index in [-0.39, 0.29) is 0 Å². The minimum absolute atomic E-state index is 0.732. The van der Waals surface area contributed by atoms with Crippen LogP contribution in [0.3, 0.4) is 0 Å².